The van der Waals surface area contributed by atoms with Gasteiger partial charge in [0.2, 0.25) is 5.78 Å². The lowest BCUT2D eigenvalue weighted by atomic mass is 10.2. The largest absolute Gasteiger partial charge is 0.290 e. The van der Waals surface area contributed by atoms with Crippen molar-refractivity contribution < 1.29 is 4.79 Å². The molecule has 0 unspecified atom stereocenters. The molecular formula is C12H14N4O. The van der Waals surface area contributed by atoms with Crippen molar-refractivity contribution in [2.45, 2.75) is 26.8 Å². The predicted molar refractivity (Wildman–Crippen MR) is 62.7 cm³/mol. The predicted octanol–water partition coefficient (Wildman–Crippen LogP) is 1.43. The first-order valence-corrected chi connectivity index (χ1v) is 5.54. The zero-order valence-electron chi connectivity index (χ0n) is 9.92. The molecule has 0 aromatic carbocycles. The Morgan fingerprint density at radius 3 is 2.71 bits per heavy atom. The van der Waals surface area contributed by atoms with Crippen LogP contribution in [0.4, 0.5) is 0 Å². The summed E-state index contributed by atoms with van der Waals surface area (Å²) in [6, 6.07) is 3.61. The van der Waals surface area contributed by atoms with Crippen molar-refractivity contribution in [3.8, 4) is 0 Å². The number of nitrogens with zero attached hydrogens (tertiary/aromatic N) is 4. The molecule has 0 N–H and O–H groups in total. The molecule has 0 atom stereocenters. The number of ketones is 1. The van der Waals surface area contributed by atoms with Gasteiger partial charge in [-0.05, 0) is 26.0 Å². The van der Waals surface area contributed by atoms with Crippen LogP contribution in [0, 0.1) is 6.92 Å². The molecule has 2 aromatic rings. The molecule has 17 heavy (non-hydrogen) atoms. The van der Waals surface area contributed by atoms with Crippen molar-refractivity contribution in [3.05, 3.63) is 41.7 Å². The molecule has 2 aromatic heterocycles. The zero-order chi connectivity index (χ0) is 12.3. The molecule has 0 saturated heterocycles. The van der Waals surface area contributed by atoms with Crippen molar-refractivity contribution in [1.82, 2.24) is 19.7 Å². The summed E-state index contributed by atoms with van der Waals surface area (Å²) >= 11 is 0. The van der Waals surface area contributed by atoms with Crippen LogP contribution in [0.1, 0.15) is 28.9 Å². The highest BCUT2D eigenvalue weighted by Gasteiger charge is 2.13. The Bertz CT molecular complexity index is 519. The minimum Gasteiger partial charge on any atom is -0.290 e. The van der Waals surface area contributed by atoms with E-state index in [0.29, 0.717) is 6.42 Å². The number of aryl methyl sites for hydroxylation is 2. The molecule has 0 bridgehead atoms. The van der Waals surface area contributed by atoms with Crippen LogP contribution in [0.2, 0.25) is 0 Å². The molecule has 0 aliphatic carbocycles. The molecule has 2 heterocycles. The molecule has 5 heteroatoms. The fraction of sp³-hybridized carbons (Fsp3) is 0.333. The van der Waals surface area contributed by atoms with Gasteiger partial charge in [-0.2, -0.15) is 5.10 Å². The van der Waals surface area contributed by atoms with Crippen molar-refractivity contribution in [2.75, 3.05) is 0 Å². The van der Waals surface area contributed by atoms with Gasteiger partial charge < -0.3 is 0 Å². The summed E-state index contributed by atoms with van der Waals surface area (Å²) in [6.07, 6.45) is 3.43. The second-order valence-corrected chi connectivity index (χ2v) is 3.77. The number of carbonyl (C=O) groups excluding carboxylic acids is 1. The summed E-state index contributed by atoms with van der Waals surface area (Å²) in [5.74, 6) is 0.175. The molecule has 88 valence electrons. The van der Waals surface area contributed by atoms with Gasteiger partial charge in [-0.15, -0.1) is 0 Å². The first-order valence-electron chi connectivity index (χ1n) is 5.54. The van der Waals surface area contributed by atoms with Gasteiger partial charge in [0.05, 0.1) is 12.1 Å². The van der Waals surface area contributed by atoms with Gasteiger partial charge in [0.25, 0.3) is 0 Å². The molecule has 0 saturated carbocycles. The average Bonchev–Trinajstić information content (AvgIpc) is 2.70. The summed E-state index contributed by atoms with van der Waals surface area (Å²) in [5, 5.41) is 4.30. The van der Waals surface area contributed by atoms with Crippen LogP contribution in [0.3, 0.4) is 0 Å². The molecule has 0 fully saturated rings. The number of aromatic nitrogens is 4. The normalized spacial score (nSPS) is 10.5. The molecule has 5 nitrogen and oxygen atoms in total. The zero-order valence-corrected chi connectivity index (χ0v) is 9.92. The van der Waals surface area contributed by atoms with Gasteiger partial charge >= 0.3 is 0 Å². The number of hydrogen-bond acceptors (Lipinski definition) is 4. The van der Waals surface area contributed by atoms with Crippen molar-refractivity contribution >= 4 is 5.78 Å². The van der Waals surface area contributed by atoms with E-state index in [1.807, 2.05) is 24.6 Å². The van der Waals surface area contributed by atoms with Crippen LogP contribution in [-0.2, 0) is 13.0 Å². The topological polar surface area (TPSA) is 60.7 Å². The van der Waals surface area contributed by atoms with Gasteiger partial charge in [-0.3, -0.25) is 9.48 Å². The average molecular weight is 230 g/mol. The maximum Gasteiger partial charge on any atom is 0.205 e. The lowest BCUT2D eigenvalue weighted by Crippen LogP contribution is -2.12. The van der Waals surface area contributed by atoms with Crippen molar-refractivity contribution in [2.24, 2.45) is 0 Å². The second kappa shape index (κ2) is 4.86. The maximum atomic E-state index is 11.9. The Morgan fingerprint density at radius 1 is 1.35 bits per heavy atom. The molecule has 2 rings (SSSR count). The summed E-state index contributed by atoms with van der Waals surface area (Å²) in [6.45, 7) is 4.67. The fourth-order valence-electron chi connectivity index (χ4n) is 1.70. The fourth-order valence-corrected chi connectivity index (χ4v) is 1.70. The number of rotatable bonds is 4. The Balaban J connectivity index is 2.18. The first kappa shape index (κ1) is 11.4. The van der Waals surface area contributed by atoms with Gasteiger partial charge in [0.1, 0.15) is 0 Å². The first-order chi connectivity index (χ1) is 8.20. The quantitative estimate of drug-likeness (QED) is 0.745. The van der Waals surface area contributed by atoms with Crippen LogP contribution >= 0.6 is 0 Å². The highest BCUT2D eigenvalue weighted by Crippen LogP contribution is 2.07. The summed E-state index contributed by atoms with van der Waals surface area (Å²) in [4.78, 5) is 19.8. The molecular weight excluding hydrogens is 216 g/mol. The maximum absolute atomic E-state index is 11.9. The SMILES string of the molecule is CCn1nc(C)cc1CC(=O)c1ncccn1. The van der Waals surface area contributed by atoms with Gasteiger partial charge in [0, 0.05) is 24.6 Å². The highest BCUT2D eigenvalue weighted by atomic mass is 16.1. The number of hydrogen-bond donors (Lipinski definition) is 0. The second-order valence-electron chi connectivity index (χ2n) is 3.77. The van der Waals surface area contributed by atoms with Crippen LogP contribution < -0.4 is 0 Å². The number of carbonyl (C=O) groups is 1. The van der Waals surface area contributed by atoms with Gasteiger partial charge in [-0.1, -0.05) is 0 Å². The smallest absolute Gasteiger partial charge is 0.205 e. The van der Waals surface area contributed by atoms with Gasteiger partial charge in [0.15, 0.2) is 5.82 Å². The lowest BCUT2D eigenvalue weighted by Gasteiger charge is -2.02. The van der Waals surface area contributed by atoms with Crippen LogP contribution in [0.5, 0.6) is 0 Å². The summed E-state index contributed by atoms with van der Waals surface area (Å²) in [5.41, 5.74) is 1.83. The third kappa shape index (κ3) is 2.55. The Kier molecular flexibility index (Phi) is 3.27. The Labute approximate surface area is 99.5 Å². The molecule has 0 radical (unpaired) electrons. The van der Waals surface area contributed by atoms with E-state index in [1.54, 1.807) is 18.5 Å². The molecule has 0 spiro atoms. The minimum absolute atomic E-state index is 0.0831. The third-order valence-corrected chi connectivity index (χ3v) is 2.44. The van der Waals surface area contributed by atoms with E-state index in [-0.39, 0.29) is 11.6 Å². The Hall–Kier alpha value is -2.04. The van der Waals surface area contributed by atoms with E-state index in [2.05, 4.69) is 15.1 Å². The van der Waals surface area contributed by atoms with Crippen LogP contribution in [0.15, 0.2) is 24.5 Å². The van der Waals surface area contributed by atoms with E-state index >= 15 is 0 Å². The Morgan fingerprint density at radius 2 is 2.06 bits per heavy atom. The summed E-state index contributed by atoms with van der Waals surface area (Å²) < 4.78 is 1.83. The van der Waals surface area contributed by atoms with Crippen LogP contribution in [-0.4, -0.2) is 25.5 Å². The third-order valence-electron chi connectivity index (χ3n) is 2.44. The molecule has 0 amide bonds. The number of Topliss-reactive ketones (excluding diaryl/α,β-unsaturated/α-hetero) is 1. The van der Waals surface area contributed by atoms with Gasteiger partial charge in [-0.25, -0.2) is 9.97 Å². The van der Waals surface area contributed by atoms with E-state index in [0.717, 1.165) is 17.9 Å². The molecule has 0 aliphatic heterocycles. The highest BCUT2D eigenvalue weighted by molar-refractivity contribution is 5.93. The van der Waals surface area contributed by atoms with E-state index in [1.165, 1.54) is 0 Å². The van der Waals surface area contributed by atoms with Crippen molar-refractivity contribution in [3.63, 3.8) is 0 Å². The van der Waals surface area contributed by atoms with E-state index < -0.39 is 0 Å². The monoisotopic (exact) mass is 230 g/mol. The minimum atomic E-state index is -0.0831. The van der Waals surface area contributed by atoms with E-state index in [4.69, 9.17) is 0 Å². The van der Waals surface area contributed by atoms with Crippen molar-refractivity contribution in [1.29, 1.82) is 0 Å². The summed E-state index contributed by atoms with van der Waals surface area (Å²) in [7, 11) is 0. The standard InChI is InChI=1S/C12H14N4O/c1-3-16-10(7-9(2)15-16)8-11(17)12-13-5-4-6-14-12/h4-7H,3,8H2,1-2H3. The lowest BCUT2D eigenvalue weighted by molar-refractivity contribution is 0.0980. The van der Waals surface area contributed by atoms with Crippen LogP contribution in [0.25, 0.3) is 0 Å². The molecule has 0 aliphatic rings. The van der Waals surface area contributed by atoms with E-state index in [9.17, 15) is 4.79 Å².